The van der Waals surface area contributed by atoms with E-state index in [0.29, 0.717) is 5.95 Å². The summed E-state index contributed by atoms with van der Waals surface area (Å²) >= 11 is 0. The Hall–Kier alpha value is -2.10. The van der Waals surface area contributed by atoms with Crippen LogP contribution in [0.15, 0.2) is 36.5 Å². The second-order valence-corrected chi connectivity index (χ2v) is 4.24. The van der Waals surface area contributed by atoms with Gasteiger partial charge in [-0.1, -0.05) is 37.3 Å². The smallest absolute Gasteiger partial charge is 0.220 e. The van der Waals surface area contributed by atoms with Gasteiger partial charge in [0.1, 0.15) is 0 Å². The van der Waals surface area contributed by atoms with Gasteiger partial charge in [0.15, 0.2) is 0 Å². The van der Waals surface area contributed by atoms with Crippen molar-refractivity contribution in [1.29, 1.82) is 0 Å². The number of nitrogen functional groups attached to an aromatic ring is 1. The fourth-order valence-corrected chi connectivity index (χ4v) is 1.92. The lowest BCUT2D eigenvalue weighted by Gasteiger charge is -2.19. The van der Waals surface area contributed by atoms with Crippen molar-refractivity contribution in [3.63, 3.8) is 0 Å². The molecule has 0 aliphatic rings. The highest BCUT2D eigenvalue weighted by molar-refractivity contribution is 5.49. The summed E-state index contributed by atoms with van der Waals surface area (Å²) in [5, 5.41) is 3.46. The van der Waals surface area contributed by atoms with E-state index in [9.17, 15) is 0 Å². The number of benzene rings is 1. The van der Waals surface area contributed by atoms with Crippen LogP contribution in [0.5, 0.6) is 0 Å². The molecule has 1 unspecified atom stereocenters. The molecule has 0 fully saturated rings. The van der Waals surface area contributed by atoms with Crippen LogP contribution in [-0.2, 0) is 0 Å². The minimum atomic E-state index is 0.261. The number of aromatic nitrogens is 2. The number of nitrogens with zero attached hydrogens (tertiary/aromatic N) is 2. The minimum Gasteiger partial charge on any atom is -0.376 e. The lowest BCUT2D eigenvalue weighted by atomic mass is 10.0. The van der Waals surface area contributed by atoms with Gasteiger partial charge in [0.2, 0.25) is 5.95 Å². The molecule has 18 heavy (non-hydrogen) atoms. The highest BCUT2D eigenvalue weighted by atomic mass is 15.0. The quantitative estimate of drug-likeness (QED) is 0.865. The van der Waals surface area contributed by atoms with Crippen LogP contribution in [0.1, 0.15) is 30.6 Å². The first kappa shape index (κ1) is 12.4. The molecule has 0 aliphatic carbocycles. The van der Waals surface area contributed by atoms with Crippen molar-refractivity contribution in [3.8, 4) is 0 Å². The van der Waals surface area contributed by atoms with Crippen molar-refractivity contribution in [2.45, 2.75) is 26.3 Å². The summed E-state index contributed by atoms with van der Waals surface area (Å²) < 4.78 is 0. The van der Waals surface area contributed by atoms with Crippen molar-refractivity contribution in [3.05, 3.63) is 47.8 Å². The molecule has 0 saturated heterocycles. The Balaban J connectivity index is 2.21. The molecular formula is C14H18N4. The Bertz CT molecular complexity index is 510. The van der Waals surface area contributed by atoms with Gasteiger partial charge in [-0.3, -0.25) is 0 Å². The Morgan fingerprint density at radius 3 is 2.61 bits per heavy atom. The molecule has 2 aromatic rings. The first-order chi connectivity index (χ1) is 8.70. The van der Waals surface area contributed by atoms with Crippen LogP contribution in [-0.4, -0.2) is 9.97 Å². The van der Waals surface area contributed by atoms with Crippen LogP contribution in [0.25, 0.3) is 0 Å². The monoisotopic (exact) mass is 242 g/mol. The lowest BCUT2D eigenvalue weighted by molar-refractivity contribution is 0.746. The largest absolute Gasteiger partial charge is 0.376 e. The normalized spacial score (nSPS) is 12.1. The van der Waals surface area contributed by atoms with Crippen LogP contribution >= 0.6 is 0 Å². The van der Waals surface area contributed by atoms with Crippen molar-refractivity contribution in [1.82, 2.24) is 9.97 Å². The topological polar surface area (TPSA) is 63.8 Å². The van der Waals surface area contributed by atoms with Gasteiger partial charge in [0.25, 0.3) is 0 Å². The van der Waals surface area contributed by atoms with E-state index < -0.39 is 0 Å². The summed E-state index contributed by atoms with van der Waals surface area (Å²) in [6, 6.07) is 10.6. The Morgan fingerprint density at radius 2 is 2.00 bits per heavy atom. The van der Waals surface area contributed by atoms with Crippen molar-refractivity contribution >= 4 is 11.6 Å². The molecular weight excluding hydrogens is 224 g/mol. The SMILES string of the molecule is CCC(Nc1cnc(N)nc1C)c1ccccc1. The third-order valence-corrected chi connectivity index (χ3v) is 2.94. The van der Waals surface area contributed by atoms with Gasteiger partial charge in [-0.15, -0.1) is 0 Å². The van der Waals surface area contributed by atoms with Crippen LogP contribution in [0, 0.1) is 6.92 Å². The molecule has 1 heterocycles. The van der Waals surface area contributed by atoms with E-state index in [1.165, 1.54) is 5.56 Å². The number of nitrogens with one attached hydrogen (secondary N) is 1. The first-order valence-electron chi connectivity index (χ1n) is 6.11. The number of nitrogens with two attached hydrogens (primary N) is 1. The van der Waals surface area contributed by atoms with E-state index >= 15 is 0 Å². The fraction of sp³-hybridized carbons (Fsp3) is 0.286. The van der Waals surface area contributed by atoms with Gasteiger partial charge >= 0.3 is 0 Å². The summed E-state index contributed by atoms with van der Waals surface area (Å²) in [7, 11) is 0. The fourth-order valence-electron chi connectivity index (χ4n) is 1.92. The van der Waals surface area contributed by atoms with Gasteiger partial charge < -0.3 is 11.1 Å². The highest BCUT2D eigenvalue weighted by Gasteiger charge is 2.10. The third-order valence-electron chi connectivity index (χ3n) is 2.94. The molecule has 3 N–H and O–H groups in total. The standard InChI is InChI=1S/C14H18N4/c1-3-12(11-7-5-4-6-8-11)18-13-9-16-14(15)17-10(13)2/h4-9,12,18H,3H2,1-2H3,(H2,15,16,17). The van der Waals surface area contributed by atoms with Crippen molar-refractivity contribution < 1.29 is 0 Å². The highest BCUT2D eigenvalue weighted by Crippen LogP contribution is 2.23. The zero-order chi connectivity index (χ0) is 13.0. The molecule has 1 aromatic heterocycles. The first-order valence-corrected chi connectivity index (χ1v) is 6.11. The van der Waals surface area contributed by atoms with Gasteiger partial charge in [0, 0.05) is 0 Å². The maximum atomic E-state index is 5.55. The van der Waals surface area contributed by atoms with E-state index in [2.05, 4.69) is 34.3 Å². The van der Waals surface area contributed by atoms with E-state index in [1.54, 1.807) is 6.20 Å². The summed E-state index contributed by atoms with van der Waals surface area (Å²) in [5.74, 6) is 0.311. The summed E-state index contributed by atoms with van der Waals surface area (Å²) in [6.07, 6.45) is 2.73. The molecule has 1 aromatic carbocycles. The van der Waals surface area contributed by atoms with E-state index in [4.69, 9.17) is 5.73 Å². The Labute approximate surface area is 107 Å². The van der Waals surface area contributed by atoms with Gasteiger partial charge in [-0.05, 0) is 18.9 Å². The molecule has 0 saturated carbocycles. The predicted octanol–water partition coefficient (Wildman–Crippen LogP) is 2.93. The number of hydrogen-bond donors (Lipinski definition) is 2. The second-order valence-electron chi connectivity index (χ2n) is 4.24. The molecule has 0 aliphatic heterocycles. The van der Waals surface area contributed by atoms with E-state index in [0.717, 1.165) is 17.8 Å². The van der Waals surface area contributed by atoms with Crippen LogP contribution in [0.4, 0.5) is 11.6 Å². The van der Waals surface area contributed by atoms with Crippen LogP contribution in [0.2, 0.25) is 0 Å². The Kier molecular flexibility index (Phi) is 3.77. The molecule has 0 spiro atoms. The van der Waals surface area contributed by atoms with Gasteiger partial charge in [-0.25, -0.2) is 9.97 Å². The average Bonchev–Trinajstić information content (AvgIpc) is 2.39. The van der Waals surface area contributed by atoms with Crippen LogP contribution in [0.3, 0.4) is 0 Å². The number of rotatable bonds is 4. The van der Waals surface area contributed by atoms with Gasteiger partial charge in [0.05, 0.1) is 23.6 Å². The maximum Gasteiger partial charge on any atom is 0.220 e. The van der Waals surface area contributed by atoms with E-state index in [-0.39, 0.29) is 6.04 Å². The lowest BCUT2D eigenvalue weighted by Crippen LogP contribution is -2.12. The van der Waals surface area contributed by atoms with E-state index in [1.807, 2.05) is 25.1 Å². The Morgan fingerprint density at radius 1 is 1.28 bits per heavy atom. The predicted molar refractivity (Wildman–Crippen MR) is 74.3 cm³/mol. The molecule has 94 valence electrons. The molecule has 2 rings (SSSR count). The van der Waals surface area contributed by atoms with Crippen molar-refractivity contribution in [2.24, 2.45) is 0 Å². The number of hydrogen-bond acceptors (Lipinski definition) is 4. The second kappa shape index (κ2) is 5.49. The molecule has 0 radical (unpaired) electrons. The maximum absolute atomic E-state index is 5.55. The molecule has 4 nitrogen and oxygen atoms in total. The van der Waals surface area contributed by atoms with Crippen LogP contribution < -0.4 is 11.1 Å². The number of aryl methyl sites for hydroxylation is 1. The zero-order valence-corrected chi connectivity index (χ0v) is 10.7. The van der Waals surface area contributed by atoms with Crippen molar-refractivity contribution in [2.75, 3.05) is 11.1 Å². The minimum absolute atomic E-state index is 0.261. The molecule has 0 bridgehead atoms. The van der Waals surface area contributed by atoms with Gasteiger partial charge in [-0.2, -0.15) is 0 Å². The molecule has 0 amide bonds. The third kappa shape index (κ3) is 2.77. The molecule has 1 atom stereocenters. The zero-order valence-electron chi connectivity index (χ0n) is 10.7. The average molecular weight is 242 g/mol. The number of anilines is 2. The summed E-state index contributed by atoms with van der Waals surface area (Å²) in [4.78, 5) is 8.18. The summed E-state index contributed by atoms with van der Waals surface area (Å²) in [6.45, 7) is 4.08. The summed E-state index contributed by atoms with van der Waals surface area (Å²) in [5.41, 5.74) is 8.61. The molecule has 4 heteroatoms.